The summed E-state index contributed by atoms with van der Waals surface area (Å²) < 4.78 is 0. The molecule has 1 aliphatic carbocycles. The van der Waals surface area contributed by atoms with Gasteiger partial charge in [-0.05, 0) is 24.5 Å². The minimum Gasteiger partial charge on any atom is -0.513 e. The number of aliphatic hydroxyl groups excluding tert-OH is 1. The average molecular weight is 303 g/mol. The molecule has 22 heavy (non-hydrogen) atoms. The summed E-state index contributed by atoms with van der Waals surface area (Å²) in [5, 5.41) is 12.3. The van der Waals surface area contributed by atoms with Gasteiger partial charge in [0.2, 0.25) is 5.91 Å². The monoisotopic (exact) mass is 303 g/mol. The number of hydrogen-bond acceptors (Lipinski definition) is 3. The number of carbonyl (C=O) groups is 2. The summed E-state index contributed by atoms with van der Waals surface area (Å²) in [4.78, 5) is 22.9. The van der Waals surface area contributed by atoms with Crippen molar-refractivity contribution in [3.05, 3.63) is 47.7 Å². The van der Waals surface area contributed by atoms with E-state index in [9.17, 15) is 14.7 Å². The van der Waals surface area contributed by atoms with Gasteiger partial charge >= 0.3 is 0 Å². The zero-order valence-electron chi connectivity index (χ0n) is 13.3. The molecular weight excluding hydrogens is 278 g/mol. The van der Waals surface area contributed by atoms with Crippen molar-refractivity contribution in [1.82, 2.24) is 5.32 Å². The predicted octanol–water partition coefficient (Wildman–Crippen LogP) is 3.18. The third kappa shape index (κ3) is 5.72. The van der Waals surface area contributed by atoms with Crippen LogP contribution in [0.3, 0.4) is 0 Å². The first-order chi connectivity index (χ1) is 10.7. The quantitative estimate of drug-likeness (QED) is 0.821. The molecule has 0 bridgehead atoms. The number of rotatable bonds is 5. The van der Waals surface area contributed by atoms with Gasteiger partial charge in [0.15, 0.2) is 0 Å². The van der Waals surface area contributed by atoms with Crippen LogP contribution in [-0.2, 0) is 16.0 Å². The molecule has 2 N–H and O–H groups in total. The molecule has 1 amide bonds. The van der Waals surface area contributed by atoms with Crippen molar-refractivity contribution in [2.24, 2.45) is 5.92 Å². The Morgan fingerprint density at radius 3 is 2.64 bits per heavy atom. The standard InChI is InChI=1S/C16H19NO3.C2H6/c18-11-13-10-14(19)7-8-15(13)17-16(20)9-6-12-4-2-1-3-5-12;1-2/h1-5,10-11,13,15,19H,6-9H2,(H,17,20);1-2H3. The third-order valence-electron chi connectivity index (χ3n) is 3.55. The number of carbonyl (C=O) groups excluding carboxylic acids is 2. The van der Waals surface area contributed by atoms with Crippen molar-refractivity contribution < 1.29 is 14.7 Å². The number of allylic oxidation sites excluding steroid dienone is 1. The minimum absolute atomic E-state index is 0.0551. The zero-order chi connectivity index (χ0) is 16.4. The highest BCUT2D eigenvalue weighted by molar-refractivity contribution is 5.77. The van der Waals surface area contributed by atoms with Crippen LogP contribution in [0.1, 0.15) is 38.7 Å². The largest absolute Gasteiger partial charge is 0.513 e. The number of amides is 1. The fourth-order valence-electron chi connectivity index (χ4n) is 2.40. The van der Waals surface area contributed by atoms with Gasteiger partial charge in [0, 0.05) is 18.9 Å². The summed E-state index contributed by atoms with van der Waals surface area (Å²) in [6, 6.07) is 9.62. The second-order valence-electron chi connectivity index (χ2n) is 5.07. The van der Waals surface area contributed by atoms with Crippen LogP contribution in [0.25, 0.3) is 0 Å². The number of nitrogens with one attached hydrogen (secondary N) is 1. The number of benzene rings is 1. The highest BCUT2D eigenvalue weighted by atomic mass is 16.3. The molecule has 2 unspecified atom stereocenters. The van der Waals surface area contributed by atoms with E-state index in [4.69, 9.17) is 0 Å². The fraction of sp³-hybridized carbons (Fsp3) is 0.444. The molecule has 0 saturated heterocycles. The normalized spacial score (nSPS) is 20.2. The van der Waals surface area contributed by atoms with Crippen molar-refractivity contribution >= 4 is 12.2 Å². The molecular formula is C18H25NO3. The molecule has 4 heteroatoms. The number of aliphatic hydroxyl groups is 1. The number of hydrogen-bond donors (Lipinski definition) is 2. The predicted molar refractivity (Wildman–Crippen MR) is 87.5 cm³/mol. The lowest BCUT2D eigenvalue weighted by molar-refractivity contribution is -0.122. The Kier molecular flexibility index (Phi) is 7.97. The third-order valence-corrected chi connectivity index (χ3v) is 3.55. The van der Waals surface area contributed by atoms with Crippen molar-refractivity contribution in [3.63, 3.8) is 0 Å². The van der Waals surface area contributed by atoms with E-state index < -0.39 is 5.92 Å². The molecule has 0 radical (unpaired) electrons. The van der Waals surface area contributed by atoms with Gasteiger partial charge in [-0.1, -0.05) is 44.2 Å². The van der Waals surface area contributed by atoms with Gasteiger partial charge in [0.05, 0.1) is 11.7 Å². The van der Waals surface area contributed by atoms with Crippen molar-refractivity contribution in [3.8, 4) is 0 Å². The molecule has 1 aromatic carbocycles. The van der Waals surface area contributed by atoms with E-state index >= 15 is 0 Å². The molecule has 0 fully saturated rings. The van der Waals surface area contributed by atoms with Crippen LogP contribution in [0.2, 0.25) is 0 Å². The summed E-state index contributed by atoms with van der Waals surface area (Å²) in [6.07, 6.45) is 4.50. The van der Waals surface area contributed by atoms with E-state index in [1.54, 1.807) is 0 Å². The van der Waals surface area contributed by atoms with Crippen LogP contribution in [0.5, 0.6) is 0 Å². The highest BCUT2D eigenvalue weighted by Gasteiger charge is 2.25. The second-order valence-corrected chi connectivity index (χ2v) is 5.07. The Morgan fingerprint density at radius 1 is 1.32 bits per heavy atom. The van der Waals surface area contributed by atoms with E-state index in [2.05, 4.69) is 5.32 Å². The Bertz CT molecular complexity index is 496. The summed E-state index contributed by atoms with van der Waals surface area (Å²) in [7, 11) is 0. The summed E-state index contributed by atoms with van der Waals surface area (Å²) in [6.45, 7) is 4.00. The number of aryl methyl sites for hydroxylation is 1. The molecule has 1 aromatic rings. The molecule has 1 aliphatic rings. The topological polar surface area (TPSA) is 66.4 Å². The van der Waals surface area contributed by atoms with Crippen LogP contribution in [-0.4, -0.2) is 23.3 Å². The van der Waals surface area contributed by atoms with Crippen LogP contribution in [0.4, 0.5) is 0 Å². The molecule has 2 rings (SSSR count). The first kappa shape index (κ1) is 18.0. The first-order valence-electron chi connectivity index (χ1n) is 7.87. The van der Waals surface area contributed by atoms with Gasteiger partial charge < -0.3 is 15.2 Å². The molecule has 0 saturated carbocycles. The Morgan fingerprint density at radius 2 is 2.00 bits per heavy atom. The van der Waals surface area contributed by atoms with Gasteiger partial charge in [-0.15, -0.1) is 0 Å². The molecule has 0 heterocycles. The molecule has 0 aliphatic heterocycles. The zero-order valence-corrected chi connectivity index (χ0v) is 13.3. The van der Waals surface area contributed by atoms with Gasteiger partial charge in [-0.2, -0.15) is 0 Å². The van der Waals surface area contributed by atoms with Gasteiger partial charge in [-0.25, -0.2) is 0 Å². The van der Waals surface area contributed by atoms with E-state index in [0.29, 0.717) is 25.7 Å². The van der Waals surface area contributed by atoms with Gasteiger partial charge in [-0.3, -0.25) is 4.79 Å². The van der Waals surface area contributed by atoms with Gasteiger partial charge in [0.25, 0.3) is 0 Å². The Labute approximate surface area is 132 Å². The maximum Gasteiger partial charge on any atom is 0.220 e. The Balaban J connectivity index is 0.00000116. The van der Waals surface area contributed by atoms with Crippen molar-refractivity contribution in [2.75, 3.05) is 0 Å². The molecule has 0 spiro atoms. The van der Waals surface area contributed by atoms with E-state index in [1.807, 2.05) is 44.2 Å². The van der Waals surface area contributed by atoms with Crippen molar-refractivity contribution in [2.45, 2.75) is 45.6 Å². The smallest absolute Gasteiger partial charge is 0.220 e. The molecule has 4 nitrogen and oxygen atoms in total. The number of aldehydes is 1. The highest BCUT2D eigenvalue weighted by Crippen LogP contribution is 2.20. The van der Waals surface area contributed by atoms with Crippen LogP contribution in [0.15, 0.2) is 42.2 Å². The molecule has 2 atom stereocenters. The van der Waals surface area contributed by atoms with Gasteiger partial charge in [0.1, 0.15) is 6.29 Å². The summed E-state index contributed by atoms with van der Waals surface area (Å²) >= 11 is 0. The minimum atomic E-state index is -0.426. The SMILES string of the molecule is CC.O=CC1C=C(O)CCC1NC(=O)CCc1ccccc1. The van der Waals surface area contributed by atoms with E-state index in [1.165, 1.54) is 6.08 Å². The molecule has 0 aromatic heterocycles. The average Bonchev–Trinajstić information content (AvgIpc) is 2.57. The lowest BCUT2D eigenvalue weighted by Gasteiger charge is -2.26. The Hall–Kier alpha value is -2.10. The summed E-state index contributed by atoms with van der Waals surface area (Å²) in [5.74, 6) is -0.248. The van der Waals surface area contributed by atoms with Crippen LogP contribution in [0, 0.1) is 5.92 Å². The first-order valence-corrected chi connectivity index (χ1v) is 7.87. The molecule has 120 valence electrons. The second kappa shape index (κ2) is 9.77. The lowest BCUT2D eigenvalue weighted by atomic mass is 9.90. The van der Waals surface area contributed by atoms with Crippen molar-refractivity contribution in [1.29, 1.82) is 0 Å². The lowest BCUT2D eigenvalue weighted by Crippen LogP contribution is -2.42. The maximum absolute atomic E-state index is 11.9. The fourth-order valence-corrected chi connectivity index (χ4v) is 2.40. The van der Waals surface area contributed by atoms with E-state index in [-0.39, 0.29) is 17.7 Å². The summed E-state index contributed by atoms with van der Waals surface area (Å²) in [5.41, 5.74) is 1.12. The van der Waals surface area contributed by atoms with Crippen LogP contribution < -0.4 is 5.32 Å². The van der Waals surface area contributed by atoms with Crippen LogP contribution >= 0.6 is 0 Å². The van der Waals surface area contributed by atoms with E-state index in [0.717, 1.165) is 11.8 Å². The maximum atomic E-state index is 11.9.